The molecule has 1 amide bonds. The minimum Gasteiger partial charge on any atom is -0.350 e. The number of halogens is 1. The van der Waals surface area contributed by atoms with Crippen molar-refractivity contribution in [2.24, 2.45) is 0 Å². The summed E-state index contributed by atoms with van der Waals surface area (Å²) in [5, 5.41) is 7.80. The second-order valence-electron chi connectivity index (χ2n) is 5.18. The summed E-state index contributed by atoms with van der Waals surface area (Å²) in [6, 6.07) is 9.91. The SMILES string of the molecule is CSc1ncc(Cl)c(C(=O)NCCc2ccc(-n3cccn3)cc2)n1. The van der Waals surface area contributed by atoms with Crippen LogP contribution in [-0.4, -0.2) is 38.5 Å². The first-order valence-electron chi connectivity index (χ1n) is 7.61. The van der Waals surface area contributed by atoms with Gasteiger partial charge in [0.15, 0.2) is 10.9 Å². The van der Waals surface area contributed by atoms with Crippen LogP contribution in [0.4, 0.5) is 0 Å². The van der Waals surface area contributed by atoms with Crippen LogP contribution in [0.25, 0.3) is 5.69 Å². The highest BCUT2D eigenvalue weighted by Gasteiger charge is 2.13. The van der Waals surface area contributed by atoms with E-state index in [1.54, 1.807) is 10.9 Å². The predicted molar refractivity (Wildman–Crippen MR) is 98.4 cm³/mol. The van der Waals surface area contributed by atoms with Crippen LogP contribution < -0.4 is 5.32 Å². The van der Waals surface area contributed by atoms with E-state index >= 15 is 0 Å². The van der Waals surface area contributed by atoms with E-state index in [1.165, 1.54) is 18.0 Å². The van der Waals surface area contributed by atoms with Crippen LogP contribution >= 0.6 is 23.4 Å². The summed E-state index contributed by atoms with van der Waals surface area (Å²) >= 11 is 7.37. The van der Waals surface area contributed by atoms with E-state index in [1.807, 2.05) is 42.8 Å². The summed E-state index contributed by atoms with van der Waals surface area (Å²) in [5.41, 5.74) is 2.32. The molecule has 3 aromatic rings. The Morgan fingerprint density at radius 1 is 1.32 bits per heavy atom. The molecular formula is C17H16ClN5OS. The molecule has 0 atom stereocenters. The molecule has 0 aliphatic heterocycles. The molecule has 0 aliphatic carbocycles. The smallest absolute Gasteiger partial charge is 0.271 e. The summed E-state index contributed by atoms with van der Waals surface area (Å²) in [7, 11) is 0. The van der Waals surface area contributed by atoms with Crippen molar-refractivity contribution in [1.29, 1.82) is 0 Å². The first-order valence-corrected chi connectivity index (χ1v) is 9.21. The van der Waals surface area contributed by atoms with Gasteiger partial charge in [0.1, 0.15) is 0 Å². The lowest BCUT2D eigenvalue weighted by atomic mass is 10.1. The number of thioether (sulfide) groups is 1. The van der Waals surface area contributed by atoms with Crippen LogP contribution in [0.3, 0.4) is 0 Å². The lowest BCUT2D eigenvalue weighted by Crippen LogP contribution is -2.27. The number of carbonyl (C=O) groups is 1. The van der Waals surface area contributed by atoms with E-state index < -0.39 is 0 Å². The number of nitrogens with one attached hydrogen (secondary N) is 1. The fourth-order valence-corrected chi connectivity index (χ4v) is 2.77. The molecule has 0 saturated heterocycles. The maximum atomic E-state index is 12.2. The van der Waals surface area contributed by atoms with Crippen molar-refractivity contribution in [3.63, 3.8) is 0 Å². The normalized spacial score (nSPS) is 10.6. The highest BCUT2D eigenvalue weighted by Crippen LogP contribution is 2.16. The van der Waals surface area contributed by atoms with E-state index in [2.05, 4.69) is 20.4 Å². The molecule has 2 heterocycles. The first-order chi connectivity index (χ1) is 12.2. The molecule has 0 bridgehead atoms. The van der Waals surface area contributed by atoms with Gasteiger partial charge in [-0.2, -0.15) is 5.10 Å². The standard InChI is InChI=1S/C17H16ClN5OS/c1-25-17-20-11-14(18)15(22-17)16(24)19-9-7-12-3-5-13(6-4-12)23-10-2-8-21-23/h2-6,8,10-11H,7,9H2,1H3,(H,19,24). The maximum absolute atomic E-state index is 12.2. The number of hydrogen-bond acceptors (Lipinski definition) is 5. The second-order valence-corrected chi connectivity index (χ2v) is 6.36. The average Bonchev–Trinajstić information content (AvgIpc) is 3.17. The van der Waals surface area contributed by atoms with Gasteiger partial charge in [-0.25, -0.2) is 14.6 Å². The van der Waals surface area contributed by atoms with Crippen LogP contribution in [0.1, 0.15) is 16.1 Å². The minimum atomic E-state index is -0.295. The third-order valence-corrected chi connectivity index (χ3v) is 4.36. The molecule has 1 aromatic carbocycles. The number of rotatable bonds is 6. The molecule has 1 N–H and O–H groups in total. The Hall–Kier alpha value is -2.38. The zero-order valence-corrected chi connectivity index (χ0v) is 15.1. The molecular weight excluding hydrogens is 358 g/mol. The first kappa shape index (κ1) is 17.4. The van der Waals surface area contributed by atoms with Crippen LogP contribution in [-0.2, 0) is 6.42 Å². The van der Waals surface area contributed by atoms with Gasteiger partial charge in [-0.15, -0.1) is 0 Å². The maximum Gasteiger partial charge on any atom is 0.271 e. The van der Waals surface area contributed by atoms with Crippen molar-refractivity contribution in [2.45, 2.75) is 11.6 Å². The molecule has 0 saturated carbocycles. The number of hydrogen-bond donors (Lipinski definition) is 1. The largest absolute Gasteiger partial charge is 0.350 e. The average molecular weight is 374 g/mol. The summed E-state index contributed by atoms with van der Waals surface area (Å²) < 4.78 is 1.80. The molecule has 6 nitrogen and oxygen atoms in total. The predicted octanol–water partition coefficient (Wildman–Crippen LogP) is 3.01. The topological polar surface area (TPSA) is 72.7 Å². The van der Waals surface area contributed by atoms with E-state index in [0.717, 1.165) is 11.3 Å². The number of nitrogens with zero attached hydrogens (tertiary/aromatic N) is 4. The van der Waals surface area contributed by atoms with Gasteiger partial charge in [-0.05, 0) is 36.4 Å². The van der Waals surface area contributed by atoms with Crippen LogP contribution in [0.2, 0.25) is 5.02 Å². The highest BCUT2D eigenvalue weighted by atomic mass is 35.5. The van der Waals surface area contributed by atoms with Crippen molar-refractivity contribution in [3.05, 3.63) is 65.2 Å². The summed E-state index contributed by atoms with van der Waals surface area (Å²) in [5.74, 6) is -0.295. The third-order valence-electron chi connectivity index (χ3n) is 3.52. The van der Waals surface area contributed by atoms with Gasteiger partial charge in [0.25, 0.3) is 5.91 Å². The lowest BCUT2D eigenvalue weighted by Gasteiger charge is -2.08. The van der Waals surface area contributed by atoms with E-state index in [9.17, 15) is 4.79 Å². The van der Waals surface area contributed by atoms with Crippen molar-refractivity contribution in [2.75, 3.05) is 12.8 Å². The zero-order valence-electron chi connectivity index (χ0n) is 13.5. The van der Waals surface area contributed by atoms with Gasteiger partial charge in [-0.3, -0.25) is 4.79 Å². The van der Waals surface area contributed by atoms with Crippen LogP contribution in [0.5, 0.6) is 0 Å². The Balaban J connectivity index is 1.57. The molecule has 0 unspecified atom stereocenters. The van der Waals surface area contributed by atoms with Crippen LogP contribution in [0.15, 0.2) is 54.1 Å². The number of aromatic nitrogens is 4. The third kappa shape index (κ3) is 4.37. The summed E-state index contributed by atoms with van der Waals surface area (Å²) in [6.45, 7) is 0.495. The molecule has 3 rings (SSSR count). The van der Waals surface area contributed by atoms with Crippen LogP contribution in [0, 0.1) is 0 Å². The summed E-state index contributed by atoms with van der Waals surface area (Å²) in [4.78, 5) is 20.4. The Morgan fingerprint density at radius 3 is 2.80 bits per heavy atom. The Kier molecular flexibility index (Phi) is 5.67. The second kappa shape index (κ2) is 8.13. The molecule has 0 radical (unpaired) electrons. The Labute approximate surface area is 154 Å². The molecule has 2 aromatic heterocycles. The fraction of sp³-hybridized carbons (Fsp3) is 0.176. The van der Waals surface area contributed by atoms with Gasteiger partial charge in [0.05, 0.1) is 16.9 Å². The Morgan fingerprint density at radius 2 is 2.12 bits per heavy atom. The van der Waals surface area contributed by atoms with Crippen molar-refractivity contribution < 1.29 is 4.79 Å². The molecule has 0 fully saturated rings. The summed E-state index contributed by atoms with van der Waals surface area (Å²) in [6.07, 6.45) is 7.64. The molecule has 0 spiro atoms. The van der Waals surface area contributed by atoms with Crippen molar-refractivity contribution in [3.8, 4) is 5.69 Å². The van der Waals surface area contributed by atoms with Crippen molar-refractivity contribution >= 4 is 29.3 Å². The molecule has 0 aliphatic rings. The van der Waals surface area contributed by atoms with Gasteiger partial charge in [0.2, 0.25) is 0 Å². The molecule has 128 valence electrons. The molecule has 25 heavy (non-hydrogen) atoms. The zero-order chi connectivity index (χ0) is 17.6. The quantitative estimate of drug-likeness (QED) is 0.531. The highest BCUT2D eigenvalue weighted by molar-refractivity contribution is 7.98. The van der Waals surface area contributed by atoms with Gasteiger partial charge < -0.3 is 5.32 Å². The minimum absolute atomic E-state index is 0.204. The Bertz CT molecular complexity index is 852. The number of benzene rings is 1. The lowest BCUT2D eigenvalue weighted by molar-refractivity contribution is 0.0948. The van der Waals surface area contributed by atoms with E-state index in [0.29, 0.717) is 18.1 Å². The van der Waals surface area contributed by atoms with Gasteiger partial charge in [-0.1, -0.05) is 35.5 Å². The van der Waals surface area contributed by atoms with Gasteiger partial charge in [0, 0.05) is 18.9 Å². The number of amides is 1. The number of carbonyl (C=O) groups excluding carboxylic acids is 1. The van der Waals surface area contributed by atoms with Crippen molar-refractivity contribution in [1.82, 2.24) is 25.1 Å². The monoisotopic (exact) mass is 373 g/mol. The van der Waals surface area contributed by atoms with E-state index in [-0.39, 0.29) is 16.6 Å². The fourth-order valence-electron chi connectivity index (χ4n) is 2.25. The molecule has 8 heteroatoms. The van der Waals surface area contributed by atoms with E-state index in [4.69, 9.17) is 11.6 Å². The van der Waals surface area contributed by atoms with Gasteiger partial charge >= 0.3 is 0 Å².